The molecule has 0 bridgehead atoms. The van der Waals surface area contributed by atoms with Crippen molar-refractivity contribution in [3.05, 3.63) is 52.6 Å². The molecular weight excluding hydrogens is 686 g/mol. The van der Waals surface area contributed by atoms with Crippen molar-refractivity contribution in [2.45, 2.75) is 90.1 Å². The summed E-state index contributed by atoms with van der Waals surface area (Å²) in [6.45, 7) is 20.0. The minimum atomic E-state index is 0.425. The van der Waals surface area contributed by atoms with Gasteiger partial charge >= 0.3 is 0 Å². The highest BCUT2D eigenvalue weighted by Gasteiger charge is 2.44. The van der Waals surface area contributed by atoms with E-state index in [1.165, 1.54) is 25.7 Å². The van der Waals surface area contributed by atoms with Crippen molar-refractivity contribution in [2.24, 2.45) is 0 Å². The molecule has 0 radical (unpaired) electrons. The lowest BCUT2D eigenvalue weighted by Gasteiger charge is -2.55. The molecule has 0 saturated carbocycles. The Morgan fingerprint density at radius 3 is 1.93 bits per heavy atom. The first-order valence-electron chi connectivity index (χ1n) is 20.4. The van der Waals surface area contributed by atoms with Gasteiger partial charge in [-0.05, 0) is 67.7 Å². The van der Waals surface area contributed by atoms with Gasteiger partial charge in [-0.15, -0.1) is 0 Å². The first-order chi connectivity index (χ1) is 26.2. The van der Waals surface area contributed by atoms with Gasteiger partial charge in [0, 0.05) is 114 Å². The highest BCUT2D eigenvalue weighted by molar-refractivity contribution is 5.05. The van der Waals surface area contributed by atoms with Gasteiger partial charge in [0.2, 0.25) is 0 Å². The first kappa shape index (κ1) is 41.0. The molecule has 3 aromatic rings. The maximum absolute atomic E-state index is 6.29. The third kappa shape index (κ3) is 11.9. The summed E-state index contributed by atoms with van der Waals surface area (Å²) in [5.74, 6) is 2.57. The second-order valence-corrected chi connectivity index (χ2v) is 16.1. The normalized spacial score (nSPS) is 24.6. The first-order valence-corrected chi connectivity index (χ1v) is 20.4. The number of nitrogens with zero attached hydrogens (tertiary/aromatic N) is 9. The fraction of sp³-hybridized carbons (Fsp3) is 0.775. The molecule has 3 aromatic heterocycles. The van der Waals surface area contributed by atoms with E-state index >= 15 is 0 Å². The molecule has 0 N–H and O–H groups in total. The number of hydrogen-bond acceptors (Lipinski definition) is 14. The Balaban J connectivity index is 1.05. The molecule has 14 nitrogen and oxygen atoms in total. The summed E-state index contributed by atoms with van der Waals surface area (Å²) in [7, 11) is 6.98. The Hall–Kier alpha value is -2.69. The van der Waals surface area contributed by atoms with Crippen LogP contribution >= 0.6 is 0 Å². The lowest BCUT2D eigenvalue weighted by molar-refractivity contribution is -0.0655. The van der Waals surface area contributed by atoms with Crippen LogP contribution in [0.15, 0.2) is 31.8 Å². The topological polar surface area (TPSA) is 116 Å². The predicted molar refractivity (Wildman–Crippen MR) is 208 cm³/mol. The van der Waals surface area contributed by atoms with Crippen LogP contribution in [0.3, 0.4) is 0 Å². The van der Waals surface area contributed by atoms with E-state index in [0.717, 1.165) is 119 Å². The fourth-order valence-electron chi connectivity index (χ4n) is 8.67. The summed E-state index contributed by atoms with van der Waals surface area (Å²) in [5, 5.41) is 12.4. The smallest absolute Gasteiger partial charge is 0.134 e. The number of unbranched alkanes of at least 4 members (excludes halogenated alkanes) is 3. The van der Waals surface area contributed by atoms with Crippen molar-refractivity contribution in [3.8, 4) is 0 Å². The monoisotopic (exact) mass is 754 g/mol. The molecule has 3 fully saturated rings. The second-order valence-electron chi connectivity index (χ2n) is 16.1. The van der Waals surface area contributed by atoms with E-state index in [9.17, 15) is 0 Å². The molecule has 3 saturated heterocycles. The highest BCUT2D eigenvalue weighted by atomic mass is 16.5. The number of aromatic nitrogens is 3. The summed E-state index contributed by atoms with van der Waals surface area (Å²) in [4.78, 5) is 16.0. The van der Waals surface area contributed by atoms with Crippen molar-refractivity contribution < 1.29 is 23.0 Å². The van der Waals surface area contributed by atoms with E-state index in [1.807, 2.05) is 32.9 Å². The van der Waals surface area contributed by atoms with Crippen molar-refractivity contribution in [3.63, 3.8) is 0 Å². The van der Waals surface area contributed by atoms with Gasteiger partial charge < -0.3 is 27.9 Å². The lowest BCUT2D eigenvalue weighted by atomic mass is 9.92. The van der Waals surface area contributed by atoms with Crippen LogP contribution in [0.5, 0.6) is 0 Å². The van der Waals surface area contributed by atoms with Crippen molar-refractivity contribution in [1.29, 1.82) is 0 Å². The molecule has 14 heteroatoms. The van der Waals surface area contributed by atoms with Crippen molar-refractivity contribution >= 4 is 0 Å². The predicted octanol–water partition coefficient (Wildman–Crippen LogP) is 3.37. The van der Waals surface area contributed by atoms with Crippen LogP contribution in [0.2, 0.25) is 0 Å². The Morgan fingerprint density at radius 1 is 0.556 bits per heavy atom. The van der Waals surface area contributed by atoms with Crippen LogP contribution in [-0.4, -0.2) is 182 Å². The third-order valence-corrected chi connectivity index (χ3v) is 11.8. The van der Waals surface area contributed by atoms with Crippen LogP contribution in [0.4, 0.5) is 0 Å². The van der Waals surface area contributed by atoms with Crippen molar-refractivity contribution in [1.82, 2.24) is 44.9 Å². The molecule has 0 aromatic carbocycles. The SMILES string of the molecule is Cc1cc(CCCCCCN2CCN(C)CC2C2CN(C)C(C3CN(CCOCc4cc(C)on4)CCN3C)CN2CCOCCc2cc(C)on2)no1. The zero-order valence-corrected chi connectivity index (χ0v) is 34.0. The average molecular weight is 754 g/mol. The van der Waals surface area contributed by atoms with Gasteiger partial charge in [-0.2, -0.15) is 0 Å². The van der Waals surface area contributed by atoms with Crippen LogP contribution in [-0.2, 0) is 28.9 Å². The number of ether oxygens (including phenoxy) is 2. The Morgan fingerprint density at radius 2 is 1.20 bits per heavy atom. The van der Waals surface area contributed by atoms with Gasteiger partial charge in [0.05, 0.1) is 37.8 Å². The van der Waals surface area contributed by atoms with Crippen molar-refractivity contribution in [2.75, 3.05) is 113 Å². The summed E-state index contributed by atoms with van der Waals surface area (Å²) < 4.78 is 28.0. The molecule has 6 heterocycles. The number of hydrogen-bond donors (Lipinski definition) is 0. The fourth-order valence-corrected chi connectivity index (χ4v) is 8.67. The highest BCUT2D eigenvalue weighted by Crippen LogP contribution is 2.27. The van der Waals surface area contributed by atoms with E-state index in [0.29, 0.717) is 50.6 Å². The zero-order valence-electron chi connectivity index (χ0n) is 34.0. The molecule has 4 unspecified atom stereocenters. The van der Waals surface area contributed by atoms with E-state index in [-0.39, 0.29) is 0 Å². The second kappa shape index (κ2) is 20.5. The Labute approximate surface area is 323 Å². The minimum absolute atomic E-state index is 0.425. The standard InChI is InChI=1S/C40H67N9O5/c1-31-23-34(41-52-31)11-9-7-8-10-13-48-17-14-44(4)26-39(48)40-27-46(6)38(29-49(40)19-22-50-20-12-35-24-32(2)53-42-35)37-28-47(16-15-45(37)5)18-21-51-30-36-25-33(3)54-43-36/h23-25,37-40H,7-22,26-30H2,1-6H3. The van der Waals surface area contributed by atoms with Crippen LogP contribution < -0.4 is 0 Å². The number of aryl methyl sites for hydroxylation is 4. The van der Waals surface area contributed by atoms with E-state index in [1.54, 1.807) is 0 Å². The molecular formula is C40H67N9O5. The molecule has 54 heavy (non-hydrogen) atoms. The van der Waals surface area contributed by atoms with Gasteiger partial charge in [-0.3, -0.25) is 24.5 Å². The summed E-state index contributed by atoms with van der Waals surface area (Å²) in [6.07, 6.45) is 6.66. The summed E-state index contributed by atoms with van der Waals surface area (Å²) in [6, 6.07) is 7.80. The molecule has 0 spiro atoms. The number of piperazine rings is 3. The average Bonchev–Trinajstić information content (AvgIpc) is 3.90. The molecule has 0 amide bonds. The third-order valence-electron chi connectivity index (χ3n) is 11.8. The maximum Gasteiger partial charge on any atom is 0.134 e. The molecule has 6 rings (SSSR count). The Kier molecular flexibility index (Phi) is 15.5. The zero-order chi connectivity index (χ0) is 37.9. The van der Waals surface area contributed by atoms with E-state index < -0.39 is 0 Å². The lowest BCUT2D eigenvalue weighted by Crippen LogP contribution is -2.71. The number of likely N-dealkylation sites (N-methyl/N-ethyl adjacent to an activating group) is 3. The summed E-state index contributed by atoms with van der Waals surface area (Å²) in [5.41, 5.74) is 2.90. The number of rotatable bonds is 20. The maximum atomic E-state index is 6.29. The largest absolute Gasteiger partial charge is 0.380 e. The Bertz CT molecular complexity index is 1510. The van der Waals surface area contributed by atoms with E-state index in [4.69, 9.17) is 23.0 Å². The van der Waals surface area contributed by atoms with Gasteiger partial charge in [-0.1, -0.05) is 28.3 Å². The molecule has 3 aliphatic rings. The van der Waals surface area contributed by atoms with Gasteiger partial charge in [0.1, 0.15) is 23.0 Å². The molecule has 0 aliphatic carbocycles. The van der Waals surface area contributed by atoms with E-state index in [2.05, 4.69) is 72.1 Å². The summed E-state index contributed by atoms with van der Waals surface area (Å²) >= 11 is 0. The molecule has 302 valence electrons. The molecule has 4 atom stereocenters. The van der Waals surface area contributed by atoms with Gasteiger partial charge in [0.15, 0.2) is 0 Å². The van der Waals surface area contributed by atoms with Crippen LogP contribution in [0.25, 0.3) is 0 Å². The van der Waals surface area contributed by atoms with Gasteiger partial charge in [0.25, 0.3) is 0 Å². The quantitative estimate of drug-likeness (QED) is 0.157. The van der Waals surface area contributed by atoms with Crippen LogP contribution in [0.1, 0.15) is 60.0 Å². The minimum Gasteiger partial charge on any atom is -0.380 e. The molecule has 3 aliphatic heterocycles. The van der Waals surface area contributed by atoms with Crippen LogP contribution in [0, 0.1) is 20.8 Å². The van der Waals surface area contributed by atoms with Gasteiger partial charge in [-0.25, -0.2) is 0 Å².